The van der Waals surface area contributed by atoms with Gasteiger partial charge in [0.1, 0.15) is 0 Å². The highest BCUT2D eigenvalue weighted by atomic mass is 16.1. The van der Waals surface area contributed by atoms with Crippen LogP contribution < -0.4 is 5.56 Å². The first-order valence-electron chi connectivity index (χ1n) is 4.98. The molecule has 0 aliphatic rings. The molecule has 0 radical (unpaired) electrons. The number of H-pyrrole nitrogens is 2. The SMILES string of the molecule is CC(=O)c1ccc(-c2[nH][nH]c(=O)c2C)cc1. The number of rotatable bonds is 2. The fourth-order valence-electron chi connectivity index (χ4n) is 1.58. The molecule has 4 nitrogen and oxygen atoms in total. The zero-order valence-electron chi connectivity index (χ0n) is 9.13. The van der Waals surface area contributed by atoms with Gasteiger partial charge in [-0.3, -0.25) is 19.8 Å². The van der Waals surface area contributed by atoms with Gasteiger partial charge in [-0.15, -0.1) is 0 Å². The third kappa shape index (κ3) is 1.69. The Morgan fingerprint density at radius 2 is 1.75 bits per heavy atom. The van der Waals surface area contributed by atoms with E-state index in [-0.39, 0.29) is 11.3 Å². The summed E-state index contributed by atoms with van der Waals surface area (Å²) in [7, 11) is 0. The Hall–Kier alpha value is -2.10. The molecule has 0 spiro atoms. The largest absolute Gasteiger partial charge is 0.297 e. The number of aromatic nitrogens is 2. The molecule has 1 aromatic heterocycles. The fourth-order valence-corrected chi connectivity index (χ4v) is 1.58. The zero-order valence-corrected chi connectivity index (χ0v) is 9.13. The topological polar surface area (TPSA) is 65.7 Å². The summed E-state index contributed by atoms with van der Waals surface area (Å²) in [5.74, 6) is 0.0332. The first-order valence-corrected chi connectivity index (χ1v) is 4.98. The predicted octanol–water partition coefficient (Wildman–Crippen LogP) is 1.88. The number of hydrogen-bond acceptors (Lipinski definition) is 2. The summed E-state index contributed by atoms with van der Waals surface area (Å²) in [4.78, 5) is 22.3. The number of Topliss-reactive ketones (excluding diaryl/α,β-unsaturated/α-hetero) is 1. The lowest BCUT2D eigenvalue weighted by Gasteiger charge is -2.00. The van der Waals surface area contributed by atoms with Crippen molar-refractivity contribution in [3.8, 4) is 11.3 Å². The molecule has 16 heavy (non-hydrogen) atoms. The Kier molecular flexibility index (Phi) is 2.48. The van der Waals surface area contributed by atoms with Crippen molar-refractivity contribution in [3.05, 3.63) is 45.7 Å². The smallest absolute Gasteiger partial charge is 0.267 e. The quantitative estimate of drug-likeness (QED) is 0.753. The number of hydrogen-bond donors (Lipinski definition) is 2. The van der Waals surface area contributed by atoms with Crippen LogP contribution in [0, 0.1) is 6.92 Å². The summed E-state index contributed by atoms with van der Waals surface area (Å²) in [5, 5.41) is 5.34. The molecule has 0 fully saturated rings. The summed E-state index contributed by atoms with van der Waals surface area (Å²) in [6.45, 7) is 3.28. The van der Waals surface area contributed by atoms with Crippen molar-refractivity contribution in [1.82, 2.24) is 10.2 Å². The molecule has 1 heterocycles. The molecule has 2 aromatic rings. The van der Waals surface area contributed by atoms with Crippen LogP contribution in [0.25, 0.3) is 11.3 Å². The first-order chi connectivity index (χ1) is 7.59. The summed E-state index contributed by atoms with van der Waals surface area (Å²) in [5.41, 5.74) is 2.85. The molecule has 0 aliphatic heterocycles. The van der Waals surface area contributed by atoms with E-state index in [9.17, 15) is 9.59 Å². The van der Waals surface area contributed by atoms with E-state index in [0.717, 1.165) is 11.3 Å². The van der Waals surface area contributed by atoms with E-state index in [0.29, 0.717) is 11.1 Å². The number of nitrogens with one attached hydrogen (secondary N) is 2. The second-order valence-corrected chi connectivity index (χ2v) is 3.71. The minimum absolute atomic E-state index is 0.0332. The highest BCUT2D eigenvalue weighted by molar-refractivity contribution is 5.94. The molecule has 2 rings (SSSR count). The normalized spacial score (nSPS) is 10.4. The van der Waals surface area contributed by atoms with Gasteiger partial charge >= 0.3 is 0 Å². The van der Waals surface area contributed by atoms with Crippen LogP contribution in [0.2, 0.25) is 0 Å². The molecule has 0 saturated carbocycles. The number of carbonyl (C=O) groups excluding carboxylic acids is 1. The summed E-state index contributed by atoms with van der Waals surface area (Å²) in [6.07, 6.45) is 0. The Balaban J connectivity index is 2.46. The van der Waals surface area contributed by atoms with E-state index in [1.54, 1.807) is 19.1 Å². The van der Waals surface area contributed by atoms with Crippen LogP contribution in [-0.2, 0) is 0 Å². The van der Waals surface area contributed by atoms with Crippen LogP contribution in [0.5, 0.6) is 0 Å². The van der Waals surface area contributed by atoms with Crippen molar-refractivity contribution in [2.45, 2.75) is 13.8 Å². The van der Waals surface area contributed by atoms with E-state index < -0.39 is 0 Å². The molecule has 0 unspecified atom stereocenters. The summed E-state index contributed by atoms with van der Waals surface area (Å²) in [6, 6.07) is 7.15. The van der Waals surface area contributed by atoms with Gasteiger partial charge in [-0.05, 0) is 19.4 Å². The molecule has 0 saturated heterocycles. The van der Waals surface area contributed by atoms with E-state index >= 15 is 0 Å². The fraction of sp³-hybridized carbons (Fsp3) is 0.167. The highest BCUT2D eigenvalue weighted by Gasteiger charge is 2.07. The van der Waals surface area contributed by atoms with E-state index in [1.165, 1.54) is 6.92 Å². The second kappa shape index (κ2) is 3.81. The van der Waals surface area contributed by atoms with Gasteiger partial charge in [-0.1, -0.05) is 24.3 Å². The molecule has 0 aliphatic carbocycles. The average molecular weight is 216 g/mol. The van der Waals surface area contributed by atoms with Crippen LogP contribution in [0.1, 0.15) is 22.8 Å². The van der Waals surface area contributed by atoms with Crippen molar-refractivity contribution in [2.75, 3.05) is 0 Å². The van der Waals surface area contributed by atoms with Crippen molar-refractivity contribution < 1.29 is 4.79 Å². The third-order valence-electron chi connectivity index (χ3n) is 2.60. The van der Waals surface area contributed by atoms with Crippen molar-refractivity contribution >= 4 is 5.78 Å². The van der Waals surface area contributed by atoms with Crippen LogP contribution in [0.15, 0.2) is 29.1 Å². The van der Waals surface area contributed by atoms with Gasteiger partial charge in [0.2, 0.25) is 0 Å². The molecule has 2 N–H and O–H groups in total. The van der Waals surface area contributed by atoms with Gasteiger partial charge in [0.05, 0.1) is 5.69 Å². The van der Waals surface area contributed by atoms with Crippen molar-refractivity contribution in [1.29, 1.82) is 0 Å². The highest BCUT2D eigenvalue weighted by Crippen LogP contribution is 2.18. The lowest BCUT2D eigenvalue weighted by atomic mass is 10.1. The van der Waals surface area contributed by atoms with Crippen molar-refractivity contribution in [2.24, 2.45) is 0 Å². The van der Waals surface area contributed by atoms with Gasteiger partial charge in [0, 0.05) is 11.1 Å². The monoisotopic (exact) mass is 216 g/mol. The van der Waals surface area contributed by atoms with Gasteiger partial charge in [-0.25, -0.2) is 0 Å². The Labute approximate surface area is 92.3 Å². The van der Waals surface area contributed by atoms with Crippen LogP contribution in [-0.4, -0.2) is 16.0 Å². The van der Waals surface area contributed by atoms with Crippen molar-refractivity contribution in [3.63, 3.8) is 0 Å². The Morgan fingerprint density at radius 1 is 1.12 bits per heavy atom. The lowest BCUT2D eigenvalue weighted by Crippen LogP contribution is -2.00. The minimum atomic E-state index is -0.120. The summed E-state index contributed by atoms with van der Waals surface area (Å²) < 4.78 is 0. The number of aromatic amines is 2. The average Bonchev–Trinajstić information content (AvgIpc) is 2.60. The molecular formula is C12H12N2O2. The van der Waals surface area contributed by atoms with Gasteiger partial charge in [-0.2, -0.15) is 0 Å². The molecule has 1 aromatic carbocycles. The number of ketones is 1. The molecule has 0 amide bonds. The summed E-state index contributed by atoms with van der Waals surface area (Å²) >= 11 is 0. The van der Waals surface area contributed by atoms with E-state index in [1.807, 2.05) is 12.1 Å². The standard InChI is InChI=1S/C12H12N2O2/c1-7-11(13-14-12(7)16)10-5-3-9(4-6-10)8(2)15/h3-6H,1-2H3,(H2,13,14,16). The van der Waals surface area contributed by atoms with Gasteiger partial charge < -0.3 is 0 Å². The Morgan fingerprint density at radius 3 is 2.19 bits per heavy atom. The van der Waals surface area contributed by atoms with Gasteiger partial charge in [0.25, 0.3) is 5.56 Å². The Bertz CT molecular complexity index is 576. The zero-order chi connectivity index (χ0) is 11.7. The maximum Gasteiger partial charge on any atom is 0.267 e. The van der Waals surface area contributed by atoms with Crippen LogP contribution in [0.3, 0.4) is 0 Å². The van der Waals surface area contributed by atoms with Crippen LogP contribution >= 0.6 is 0 Å². The van der Waals surface area contributed by atoms with Gasteiger partial charge in [0.15, 0.2) is 5.78 Å². The maximum absolute atomic E-state index is 11.2. The van der Waals surface area contributed by atoms with Crippen LogP contribution in [0.4, 0.5) is 0 Å². The number of benzene rings is 1. The number of carbonyl (C=O) groups is 1. The lowest BCUT2D eigenvalue weighted by molar-refractivity contribution is 0.101. The molecule has 4 heteroatoms. The van der Waals surface area contributed by atoms with E-state index in [2.05, 4.69) is 10.2 Å². The first kappa shape index (κ1) is 10.4. The third-order valence-corrected chi connectivity index (χ3v) is 2.60. The molecular weight excluding hydrogens is 204 g/mol. The van der Waals surface area contributed by atoms with E-state index in [4.69, 9.17) is 0 Å². The minimum Gasteiger partial charge on any atom is -0.297 e. The molecule has 0 atom stereocenters. The second-order valence-electron chi connectivity index (χ2n) is 3.71. The maximum atomic E-state index is 11.2. The molecule has 82 valence electrons. The predicted molar refractivity (Wildman–Crippen MR) is 61.6 cm³/mol. The molecule has 0 bridgehead atoms.